The van der Waals surface area contributed by atoms with Gasteiger partial charge in [0.05, 0.1) is 28.5 Å². The van der Waals surface area contributed by atoms with E-state index in [0.29, 0.717) is 29.7 Å². The summed E-state index contributed by atoms with van der Waals surface area (Å²) in [4.78, 5) is 16.3. The van der Waals surface area contributed by atoms with Gasteiger partial charge in [-0.3, -0.25) is 9.48 Å². The molecule has 1 amide bonds. The Labute approximate surface area is 198 Å². The van der Waals surface area contributed by atoms with E-state index >= 15 is 0 Å². The number of anilines is 1. The molecule has 35 heavy (non-hydrogen) atoms. The van der Waals surface area contributed by atoms with E-state index in [4.69, 9.17) is 5.10 Å². The molecule has 1 saturated carbocycles. The van der Waals surface area contributed by atoms with E-state index in [1.165, 1.54) is 6.07 Å². The lowest BCUT2D eigenvalue weighted by molar-refractivity contribution is -0.141. The molecule has 4 aromatic rings. The van der Waals surface area contributed by atoms with Gasteiger partial charge < -0.3 is 10.4 Å². The van der Waals surface area contributed by atoms with Crippen molar-refractivity contribution in [2.75, 3.05) is 5.32 Å². The summed E-state index contributed by atoms with van der Waals surface area (Å²) in [5.41, 5.74) is -0.596. The fraction of sp³-hybridized carbons (Fsp3) is 0.333. The molecule has 0 spiro atoms. The number of hydrogen-bond acceptors (Lipinski definition) is 5. The van der Waals surface area contributed by atoms with Gasteiger partial charge in [0.1, 0.15) is 11.4 Å². The molecule has 1 fully saturated rings. The van der Waals surface area contributed by atoms with Crippen LogP contribution in [0.1, 0.15) is 54.8 Å². The SMILES string of the molecule is CC1(O)CCC(n2cc3cc(NC(=O)c4cccc(C(F)(F)F)n4)c(-n4cccn4)cc3n2)CC1. The van der Waals surface area contributed by atoms with Crippen molar-refractivity contribution in [3.8, 4) is 5.69 Å². The Kier molecular flexibility index (Phi) is 5.59. The number of rotatable bonds is 4. The van der Waals surface area contributed by atoms with Crippen molar-refractivity contribution in [2.45, 2.75) is 50.4 Å². The van der Waals surface area contributed by atoms with E-state index in [1.807, 2.05) is 17.8 Å². The minimum absolute atomic E-state index is 0.142. The van der Waals surface area contributed by atoms with E-state index in [1.54, 1.807) is 35.3 Å². The number of aromatic nitrogens is 5. The molecule has 0 saturated heterocycles. The van der Waals surface area contributed by atoms with E-state index in [-0.39, 0.29) is 11.7 Å². The summed E-state index contributed by atoms with van der Waals surface area (Å²) in [5, 5.41) is 22.6. The van der Waals surface area contributed by atoms with Crippen LogP contribution in [0.5, 0.6) is 0 Å². The van der Waals surface area contributed by atoms with Crippen molar-refractivity contribution < 1.29 is 23.1 Å². The van der Waals surface area contributed by atoms with Crippen LogP contribution in [0.25, 0.3) is 16.6 Å². The average Bonchev–Trinajstić information content (AvgIpc) is 3.48. The predicted molar refractivity (Wildman–Crippen MR) is 122 cm³/mol. The van der Waals surface area contributed by atoms with Crippen molar-refractivity contribution in [2.24, 2.45) is 0 Å². The summed E-state index contributed by atoms with van der Waals surface area (Å²) >= 11 is 0. The van der Waals surface area contributed by atoms with E-state index in [9.17, 15) is 23.1 Å². The zero-order valence-electron chi connectivity index (χ0n) is 18.8. The molecule has 0 unspecified atom stereocenters. The number of alkyl halides is 3. The van der Waals surface area contributed by atoms with Crippen molar-refractivity contribution in [1.82, 2.24) is 24.5 Å². The molecule has 8 nitrogen and oxygen atoms in total. The topological polar surface area (TPSA) is 97.9 Å². The number of halogens is 3. The third-order valence-corrected chi connectivity index (χ3v) is 6.32. The fourth-order valence-corrected chi connectivity index (χ4v) is 4.36. The Balaban J connectivity index is 1.49. The first-order valence-corrected chi connectivity index (χ1v) is 11.2. The normalized spacial score (nSPS) is 20.8. The summed E-state index contributed by atoms with van der Waals surface area (Å²) < 4.78 is 42.6. The van der Waals surface area contributed by atoms with Crippen molar-refractivity contribution in [3.05, 3.63) is 66.4 Å². The molecule has 3 aromatic heterocycles. The van der Waals surface area contributed by atoms with Crippen molar-refractivity contribution in [1.29, 1.82) is 0 Å². The quantitative estimate of drug-likeness (QED) is 0.436. The maximum absolute atomic E-state index is 13.1. The second-order valence-corrected chi connectivity index (χ2v) is 9.08. The maximum atomic E-state index is 13.1. The van der Waals surface area contributed by atoms with Crippen LogP contribution in [0, 0.1) is 0 Å². The zero-order valence-corrected chi connectivity index (χ0v) is 18.8. The number of pyridine rings is 1. The average molecular weight is 484 g/mol. The van der Waals surface area contributed by atoms with Crippen LogP contribution in [0.3, 0.4) is 0 Å². The molecular weight excluding hydrogens is 461 g/mol. The highest BCUT2D eigenvalue weighted by Gasteiger charge is 2.33. The first kappa shape index (κ1) is 23.0. The highest BCUT2D eigenvalue weighted by molar-refractivity contribution is 6.05. The van der Waals surface area contributed by atoms with Crippen molar-refractivity contribution in [3.63, 3.8) is 0 Å². The first-order valence-electron chi connectivity index (χ1n) is 11.2. The van der Waals surface area contributed by atoms with E-state index in [2.05, 4.69) is 15.4 Å². The van der Waals surface area contributed by atoms with Crippen LogP contribution in [-0.2, 0) is 6.18 Å². The Morgan fingerprint density at radius 2 is 1.97 bits per heavy atom. The smallest absolute Gasteiger partial charge is 0.390 e. The van der Waals surface area contributed by atoms with Gasteiger partial charge in [-0.1, -0.05) is 6.07 Å². The van der Waals surface area contributed by atoms with Gasteiger partial charge in [0.2, 0.25) is 0 Å². The zero-order chi connectivity index (χ0) is 24.8. The highest BCUT2D eigenvalue weighted by atomic mass is 19.4. The Bertz CT molecular complexity index is 1370. The number of hydrogen-bond donors (Lipinski definition) is 2. The number of fused-ring (bicyclic) bond motifs is 1. The summed E-state index contributed by atoms with van der Waals surface area (Å²) in [7, 11) is 0. The molecular formula is C24H23F3N6O2. The number of aliphatic hydroxyl groups is 1. The van der Waals surface area contributed by atoms with Crippen LogP contribution in [0.2, 0.25) is 0 Å². The molecule has 0 radical (unpaired) electrons. The number of carbonyl (C=O) groups excluding carboxylic acids is 1. The number of carbonyl (C=O) groups is 1. The van der Waals surface area contributed by atoms with Gasteiger partial charge in [0.25, 0.3) is 5.91 Å². The van der Waals surface area contributed by atoms with Crippen LogP contribution in [0.15, 0.2) is 55.0 Å². The molecule has 1 aliphatic carbocycles. The monoisotopic (exact) mass is 484 g/mol. The molecule has 1 aliphatic rings. The minimum atomic E-state index is -4.66. The molecule has 0 bridgehead atoms. The van der Waals surface area contributed by atoms with Crippen molar-refractivity contribution >= 4 is 22.5 Å². The van der Waals surface area contributed by atoms with E-state index in [0.717, 1.165) is 30.4 Å². The molecule has 0 aliphatic heterocycles. The molecule has 1 aromatic carbocycles. The second kappa shape index (κ2) is 8.49. The number of nitrogens with zero attached hydrogens (tertiary/aromatic N) is 5. The van der Waals surface area contributed by atoms with Crippen LogP contribution in [0.4, 0.5) is 18.9 Å². The lowest BCUT2D eigenvalue weighted by atomic mass is 9.84. The lowest BCUT2D eigenvalue weighted by Gasteiger charge is -2.33. The van der Waals surface area contributed by atoms with Gasteiger partial charge in [0, 0.05) is 24.0 Å². The molecule has 2 N–H and O–H groups in total. The van der Waals surface area contributed by atoms with E-state index < -0.39 is 23.4 Å². The number of nitrogens with one attached hydrogen (secondary N) is 1. The molecule has 5 rings (SSSR count). The lowest BCUT2D eigenvalue weighted by Crippen LogP contribution is -2.31. The Morgan fingerprint density at radius 3 is 2.66 bits per heavy atom. The minimum Gasteiger partial charge on any atom is -0.390 e. The summed E-state index contributed by atoms with van der Waals surface area (Å²) in [5.74, 6) is -0.772. The molecule has 0 atom stereocenters. The maximum Gasteiger partial charge on any atom is 0.433 e. The third kappa shape index (κ3) is 4.76. The molecule has 182 valence electrons. The highest BCUT2D eigenvalue weighted by Crippen LogP contribution is 2.36. The Morgan fingerprint density at radius 1 is 1.20 bits per heavy atom. The summed E-state index contributed by atoms with van der Waals surface area (Å²) in [6.07, 6.45) is 3.43. The molecule has 11 heteroatoms. The fourth-order valence-electron chi connectivity index (χ4n) is 4.36. The van der Waals surface area contributed by atoms with Gasteiger partial charge in [-0.2, -0.15) is 23.4 Å². The van der Waals surface area contributed by atoms with Crippen LogP contribution in [-0.4, -0.2) is 41.2 Å². The first-order chi connectivity index (χ1) is 16.6. The molecule has 3 heterocycles. The predicted octanol–water partition coefficient (Wildman–Crippen LogP) is 4.75. The second-order valence-electron chi connectivity index (χ2n) is 9.08. The van der Waals surface area contributed by atoms with Gasteiger partial charge in [-0.05, 0) is 62.9 Å². The van der Waals surface area contributed by atoms with Crippen LogP contribution >= 0.6 is 0 Å². The van der Waals surface area contributed by atoms with Gasteiger partial charge in [-0.25, -0.2) is 9.67 Å². The third-order valence-electron chi connectivity index (χ3n) is 6.32. The number of amides is 1. The van der Waals surface area contributed by atoms with Crippen LogP contribution < -0.4 is 5.32 Å². The van der Waals surface area contributed by atoms with Gasteiger partial charge >= 0.3 is 6.18 Å². The largest absolute Gasteiger partial charge is 0.433 e. The standard InChI is InChI=1S/C24H23F3N6O2/c1-23(35)8-6-16(7-9-23)33-14-15-12-19(20(13-18(15)31-33)32-11-3-10-28-32)30-22(34)17-4-2-5-21(29-17)24(25,26)27/h2-5,10-14,16,35H,6-9H2,1H3,(H,30,34). The summed E-state index contributed by atoms with van der Waals surface area (Å²) in [6.45, 7) is 1.84. The van der Waals surface area contributed by atoms with Gasteiger partial charge in [-0.15, -0.1) is 0 Å². The Hall–Kier alpha value is -3.73. The number of benzene rings is 1. The summed E-state index contributed by atoms with van der Waals surface area (Å²) in [6, 6.07) is 8.55. The van der Waals surface area contributed by atoms with Gasteiger partial charge in [0.15, 0.2) is 0 Å².